The molecule has 0 amide bonds. The maximum atomic E-state index is 11.4. The third-order valence-corrected chi connectivity index (χ3v) is 3.36. The van der Waals surface area contributed by atoms with E-state index in [0.717, 1.165) is 11.3 Å². The van der Waals surface area contributed by atoms with Gasteiger partial charge in [0.15, 0.2) is 5.78 Å². The van der Waals surface area contributed by atoms with Gasteiger partial charge in [0.1, 0.15) is 11.4 Å². The lowest BCUT2D eigenvalue weighted by molar-refractivity contribution is -0.384. The molecule has 0 spiro atoms. The number of nitro benzene ring substituents is 1. The van der Waals surface area contributed by atoms with Crippen molar-refractivity contribution in [1.29, 1.82) is 0 Å². The minimum absolute atomic E-state index is 0.0775. The predicted molar refractivity (Wildman–Crippen MR) is 78.7 cm³/mol. The maximum Gasteiger partial charge on any atom is 0.293 e. The number of carbonyl (C=O) groups is 1. The Morgan fingerprint density at radius 3 is 2.62 bits per heavy atom. The van der Waals surface area contributed by atoms with Crippen molar-refractivity contribution in [2.45, 2.75) is 20.4 Å². The summed E-state index contributed by atoms with van der Waals surface area (Å²) in [5.41, 5.74) is 1.68. The van der Waals surface area contributed by atoms with E-state index in [9.17, 15) is 14.9 Å². The van der Waals surface area contributed by atoms with Crippen LogP contribution >= 0.6 is 0 Å². The molecule has 6 heteroatoms. The van der Waals surface area contributed by atoms with Gasteiger partial charge in [0.2, 0.25) is 0 Å². The quantitative estimate of drug-likeness (QED) is 0.479. The van der Waals surface area contributed by atoms with Crippen molar-refractivity contribution in [3.63, 3.8) is 0 Å². The van der Waals surface area contributed by atoms with Crippen LogP contribution in [0.1, 0.15) is 28.6 Å². The number of Topliss-reactive ketones (excluding diaryl/α,β-unsaturated/α-hetero) is 1. The van der Waals surface area contributed by atoms with Gasteiger partial charge in [-0.2, -0.15) is 0 Å². The van der Waals surface area contributed by atoms with E-state index < -0.39 is 4.92 Å². The Bertz CT molecular complexity index is 691. The maximum absolute atomic E-state index is 11.4. The van der Waals surface area contributed by atoms with Gasteiger partial charge in [0.05, 0.1) is 11.2 Å². The van der Waals surface area contributed by atoms with E-state index in [1.165, 1.54) is 13.0 Å². The van der Waals surface area contributed by atoms with Crippen LogP contribution in [0.5, 0.6) is 0 Å². The van der Waals surface area contributed by atoms with Crippen molar-refractivity contribution in [2.75, 3.05) is 11.9 Å². The third-order valence-electron chi connectivity index (χ3n) is 3.36. The molecule has 1 heterocycles. The van der Waals surface area contributed by atoms with E-state index in [4.69, 9.17) is 4.42 Å². The molecule has 2 rings (SSSR count). The molecule has 0 aliphatic heterocycles. The van der Waals surface area contributed by atoms with Gasteiger partial charge in [-0.15, -0.1) is 0 Å². The van der Waals surface area contributed by atoms with E-state index in [1.54, 1.807) is 30.3 Å². The average Bonchev–Trinajstić information content (AvgIpc) is 2.83. The Hall–Kier alpha value is -2.63. The molecule has 0 aliphatic carbocycles. The molecule has 2 aromatic rings. The number of aryl methyl sites for hydroxylation is 1. The molecule has 0 fully saturated rings. The fraction of sp³-hybridized carbons (Fsp3) is 0.267. The molecule has 1 aromatic heterocycles. The van der Waals surface area contributed by atoms with Crippen molar-refractivity contribution >= 4 is 17.2 Å². The number of nitro groups is 1. The first-order chi connectivity index (χ1) is 9.90. The fourth-order valence-electron chi connectivity index (χ4n) is 2.13. The summed E-state index contributed by atoms with van der Waals surface area (Å²) in [5.74, 6) is 0.586. The minimum atomic E-state index is -0.472. The van der Waals surface area contributed by atoms with Gasteiger partial charge < -0.3 is 9.32 Å². The molecular formula is C15H16N2O4. The third kappa shape index (κ3) is 3.10. The van der Waals surface area contributed by atoms with Crippen LogP contribution in [0.2, 0.25) is 0 Å². The van der Waals surface area contributed by atoms with Gasteiger partial charge in [-0.05, 0) is 32.0 Å². The standard InChI is InChI=1S/C15H16N2O4/c1-10(18)12-4-5-14(15(8-12)17(19)20)16(3)9-13-6-7-21-11(13)2/h4-8H,9H2,1-3H3. The number of furan rings is 1. The van der Waals surface area contributed by atoms with Crippen molar-refractivity contribution in [1.82, 2.24) is 0 Å². The number of rotatable bonds is 5. The molecular weight excluding hydrogens is 272 g/mol. The monoisotopic (exact) mass is 288 g/mol. The zero-order valence-corrected chi connectivity index (χ0v) is 12.1. The summed E-state index contributed by atoms with van der Waals surface area (Å²) in [6, 6.07) is 6.35. The molecule has 0 bridgehead atoms. The number of nitrogens with zero attached hydrogens (tertiary/aromatic N) is 2. The van der Waals surface area contributed by atoms with Gasteiger partial charge in [0, 0.05) is 30.8 Å². The van der Waals surface area contributed by atoms with Crippen molar-refractivity contribution in [2.24, 2.45) is 0 Å². The van der Waals surface area contributed by atoms with E-state index >= 15 is 0 Å². The first kappa shape index (κ1) is 14.8. The van der Waals surface area contributed by atoms with Crippen LogP contribution in [0.4, 0.5) is 11.4 Å². The lowest BCUT2D eigenvalue weighted by atomic mass is 10.1. The molecule has 0 saturated carbocycles. The van der Waals surface area contributed by atoms with Crippen LogP contribution in [0.25, 0.3) is 0 Å². The number of anilines is 1. The van der Waals surface area contributed by atoms with Gasteiger partial charge in [0.25, 0.3) is 5.69 Å². The summed E-state index contributed by atoms with van der Waals surface area (Å²) in [5, 5.41) is 11.2. The Kier molecular flexibility index (Phi) is 4.07. The highest BCUT2D eigenvalue weighted by Crippen LogP contribution is 2.30. The second kappa shape index (κ2) is 5.78. The summed E-state index contributed by atoms with van der Waals surface area (Å²) >= 11 is 0. The topological polar surface area (TPSA) is 76.6 Å². The average molecular weight is 288 g/mol. The Labute approximate surface area is 122 Å². The highest BCUT2D eigenvalue weighted by atomic mass is 16.6. The Morgan fingerprint density at radius 2 is 2.10 bits per heavy atom. The normalized spacial score (nSPS) is 10.4. The molecule has 0 aliphatic rings. The highest BCUT2D eigenvalue weighted by molar-refractivity contribution is 5.95. The van der Waals surface area contributed by atoms with Crippen molar-refractivity contribution < 1.29 is 14.1 Å². The summed E-state index contributed by atoms with van der Waals surface area (Å²) in [6.45, 7) is 3.72. The second-order valence-corrected chi connectivity index (χ2v) is 4.87. The summed E-state index contributed by atoms with van der Waals surface area (Å²) in [4.78, 5) is 23.9. The molecule has 21 heavy (non-hydrogen) atoms. The SMILES string of the molecule is CC(=O)c1ccc(N(C)Cc2ccoc2C)c([N+](=O)[O-])c1. The van der Waals surface area contributed by atoms with Crippen LogP contribution in [0, 0.1) is 17.0 Å². The molecule has 0 saturated heterocycles. The van der Waals surface area contributed by atoms with Crippen LogP contribution in [-0.4, -0.2) is 17.8 Å². The number of ketones is 1. The van der Waals surface area contributed by atoms with Gasteiger partial charge in [-0.25, -0.2) is 0 Å². The minimum Gasteiger partial charge on any atom is -0.469 e. The van der Waals surface area contributed by atoms with E-state index in [1.807, 2.05) is 13.0 Å². The lowest BCUT2D eigenvalue weighted by Gasteiger charge is -2.19. The largest absolute Gasteiger partial charge is 0.469 e. The lowest BCUT2D eigenvalue weighted by Crippen LogP contribution is -2.18. The summed E-state index contributed by atoms with van der Waals surface area (Å²) in [7, 11) is 1.77. The van der Waals surface area contributed by atoms with Gasteiger partial charge in [-0.1, -0.05) is 0 Å². The second-order valence-electron chi connectivity index (χ2n) is 4.87. The predicted octanol–water partition coefficient (Wildman–Crippen LogP) is 3.34. The van der Waals surface area contributed by atoms with Crippen LogP contribution in [0.15, 0.2) is 34.9 Å². The molecule has 0 unspecified atom stereocenters. The number of benzene rings is 1. The molecule has 6 nitrogen and oxygen atoms in total. The zero-order valence-electron chi connectivity index (χ0n) is 12.1. The zero-order chi connectivity index (χ0) is 15.6. The van der Waals surface area contributed by atoms with Crippen LogP contribution in [-0.2, 0) is 6.54 Å². The number of hydrogen-bond acceptors (Lipinski definition) is 5. The number of hydrogen-bond donors (Lipinski definition) is 0. The first-order valence-electron chi connectivity index (χ1n) is 6.43. The fourth-order valence-corrected chi connectivity index (χ4v) is 2.13. The smallest absolute Gasteiger partial charge is 0.293 e. The van der Waals surface area contributed by atoms with Crippen LogP contribution in [0.3, 0.4) is 0 Å². The van der Waals surface area contributed by atoms with Gasteiger partial charge in [-0.3, -0.25) is 14.9 Å². The summed E-state index contributed by atoms with van der Waals surface area (Å²) in [6.07, 6.45) is 1.59. The Morgan fingerprint density at radius 1 is 1.38 bits per heavy atom. The highest BCUT2D eigenvalue weighted by Gasteiger charge is 2.19. The van der Waals surface area contributed by atoms with Gasteiger partial charge >= 0.3 is 0 Å². The molecule has 110 valence electrons. The van der Waals surface area contributed by atoms with Crippen molar-refractivity contribution in [3.05, 3.63) is 57.5 Å². The van der Waals surface area contributed by atoms with E-state index in [0.29, 0.717) is 17.8 Å². The Balaban J connectivity index is 2.36. The molecule has 0 radical (unpaired) electrons. The molecule has 0 N–H and O–H groups in total. The summed E-state index contributed by atoms with van der Waals surface area (Å²) < 4.78 is 5.22. The number of carbonyl (C=O) groups excluding carboxylic acids is 1. The van der Waals surface area contributed by atoms with E-state index in [-0.39, 0.29) is 11.5 Å². The van der Waals surface area contributed by atoms with Crippen molar-refractivity contribution in [3.8, 4) is 0 Å². The first-order valence-corrected chi connectivity index (χ1v) is 6.43. The molecule has 1 aromatic carbocycles. The van der Waals surface area contributed by atoms with E-state index in [2.05, 4.69) is 0 Å². The van der Waals surface area contributed by atoms with Crippen LogP contribution < -0.4 is 4.90 Å². The molecule has 0 atom stereocenters.